The predicted molar refractivity (Wildman–Crippen MR) is 107 cm³/mol. The van der Waals surface area contributed by atoms with Crippen LogP contribution in [0, 0.1) is 0 Å². The van der Waals surface area contributed by atoms with Gasteiger partial charge in [-0.1, -0.05) is 72.8 Å². The molecule has 0 radical (unpaired) electrons. The zero-order chi connectivity index (χ0) is 16.1. The van der Waals surface area contributed by atoms with Crippen LogP contribution in [-0.4, -0.2) is 0 Å². The van der Waals surface area contributed by atoms with Gasteiger partial charge in [0.1, 0.15) is 0 Å². The number of hydrogen-bond donors (Lipinski definition) is 1. The summed E-state index contributed by atoms with van der Waals surface area (Å²) in [6, 6.07) is 27.6. The maximum atomic E-state index is 6.69. The molecule has 114 valence electrons. The maximum Gasteiger partial charge on any atom is 0.0597 e. The van der Waals surface area contributed by atoms with E-state index < -0.39 is 0 Å². The standard InChI is InChI=1S/C22H15NS/c23-21-19(14-8-2-1-3-9-14)15-10-4-5-11-16(15)20-17-12-6-7-13-18(17)24-22(20)21/h1-13H,23H2. The highest BCUT2D eigenvalue weighted by molar-refractivity contribution is 7.26. The normalized spacial score (nSPS) is 11.5. The van der Waals surface area contributed by atoms with Crippen molar-refractivity contribution in [3.05, 3.63) is 78.9 Å². The minimum Gasteiger partial charge on any atom is -0.397 e. The average Bonchev–Trinajstić information content (AvgIpc) is 3.03. The molecular formula is C22H15NS. The molecule has 2 N–H and O–H groups in total. The van der Waals surface area contributed by atoms with Gasteiger partial charge >= 0.3 is 0 Å². The van der Waals surface area contributed by atoms with Crippen LogP contribution in [0.1, 0.15) is 0 Å². The summed E-state index contributed by atoms with van der Waals surface area (Å²) in [7, 11) is 0. The van der Waals surface area contributed by atoms with Crippen LogP contribution in [0.3, 0.4) is 0 Å². The van der Waals surface area contributed by atoms with Crippen molar-refractivity contribution in [3.63, 3.8) is 0 Å². The Kier molecular flexibility index (Phi) is 2.88. The second-order valence-corrected chi connectivity index (χ2v) is 7.05. The molecule has 1 aromatic heterocycles. The molecule has 0 unspecified atom stereocenters. The van der Waals surface area contributed by atoms with Gasteiger partial charge in [-0.25, -0.2) is 0 Å². The summed E-state index contributed by atoms with van der Waals surface area (Å²) in [6.07, 6.45) is 0. The highest BCUT2D eigenvalue weighted by atomic mass is 32.1. The van der Waals surface area contributed by atoms with Crippen molar-refractivity contribution in [1.82, 2.24) is 0 Å². The van der Waals surface area contributed by atoms with Crippen LogP contribution in [0.25, 0.3) is 42.1 Å². The fourth-order valence-electron chi connectivity index (χ4n) is 3.60. The summed E-state index contributed by atoms with van der Waals surface area (Å²) < 4.78 is 2.48. The van der Waals surface area contributed by atoms with E-state index in [0.717, 1.165) is 11.3 Å². The Morgan fingerprint density at radius 3 is 2.04 bits per heavy atom. The topological polar surface area (TPSA) is 26.0 Å². The lowest BCUT2D eigenvalue weighted by Gasteiger charge is -2.13. The lowest BCUT2D eigenvalue weighted by Crippen LogP contribution is -1.92. The number of thiophene rings is 1. The average molecular weight is 325 g/mol. The van der Waals surface area contributed by atoms with E-state index in [1.54, 1.807) is 11.3 Å². The molecule has 0 aliphatic heterocycles. The lowest BCUT2D eigenvalue weighted by atomic mass is 9.93. The van der Waals surface area contributed by atoms with Crippen molar-refractivity contribution in [2.45, 2.75) is 0 Å². The molecule has 0 amide bonds. The van der Waals surface area contributed by atoms with Gasteiger partial charge in [-0.2, -0.15) is 0 Å². The number of benzene rings is 4. The molecular weight excluding hydrogens is 310 g/mol. The van der Waals surface area contributed by atoms with Gasteiger partial charge in [-0.15, -0.1) is 11.3 Å². The fraction of sp³-hybridized carbons (Fsp3) is 0. The molecule has 1 heterocycles. The number of nitrogen functional groups attached to an aromatic ring is 1. The number of fused-ring (bicyclic) bond motifs is 5. The molecule has 5 aromatic rings. The quantitative estimate of drug-likeness (QED) is 0.352. The van der Waals surface area contributed by atoms with Crippen LogP contribution in [0.15, 0.2) is 78.9 Å². The first kappa shape index (κ1) is 13.6. The summed E-state index contributed by atoms with van der Waals surface area (Å²) in [5.74, 6) is 0. The van der Waals surface area contributed by atoms with E-state index in [-0.39, 0.29) is 0 Å². The Labute approximate surface area is 144 Å². The molecule has 0 aliphatic rings. The van der Waals surface area contributed by atoms with Crippen molar-refractivity contribution < 1.29 is 0 Å². The number of nitrogens with two attached hydrogens (primary N) is 1. The first-order chi connectivity index (χ1) is 11.8. The molecule has 1 nitrogen and oxygen atoms in total. The van der Waals surface area contributed by atoms with E-state index in [1.165, 1.54) is 36.5 Å². The van der Waals surface area contributed by atoms with Gasteiger partial charge in [0.05, 0.1) is 10.4 Å². The van der Waals surface area contributed by atoms with Crippen LogP contribution < -0.4 is 5.73 Å². The molecule has 5 rings (SSSR count). The van der Waals surface area contributed by atoms with Gasteiger partial charge in [0.25, 0.3) is 0 Å². The number of anilines is 1. The van der Waals surface area contributed by atoms with Crippen molar-refractivity contribution in [2.75, 3.05) is 5.73 Å². The Bertz CT molecular complexity index is 1200. The Morgan fingerprint density at radius 1 is 0.625 bits per heavy atom. The second kappa shape index (κ2) is 5.08. The first-order valence-corrected chi connectivity index (χ1v) is 8.83. The molecule has 0 bridgehead atoms. The van der Waals surface area contributed by atoms with Crippen LogP contribution in [0.2, 0.25) is 0 Å². The maximum absolute atomic E-state index is 6.69. The monoisotopic (exact) mass is 325 g/mol. The number of hydrogen-bond acceptors (Lipinski definition) is 2. The predicted octanol–water partition coefficient (Wildman–Crippen LogP) is 6.46. The summed E-state index contributed by atoms with van der Waals surface area (Å²) in [5.41, 5.74) is 9.89. The SMILES string of the molecule is Nc1c(-c2ccccc2)c2ccccc2c2c1sc1ccccc12. The Balaban J connectivity index is 2.07. The third-order valence-electron chi connectivity index (χ3n) is 4.64. The first-order valence-electron chi connectivity index (χ1n) is 8.01. The molecule has 4 aromatic carbocycles. The summed E-state index contributed by atoms with van der Waals surface area (Å²) >= 11 is 1.79. The Morgan fingerprint density at radius 2 is 1.25 bits per heavy atom. The van der Waals surface area contributed by atoms with Crippen LogP contribution in [-0.2, 0) is 0 Å². The molecule has 2 heteroatoms. The van der Waals surface area contributed by atoms with E-state index in [0.29, 0.717) is 0 Å². The van der Waals surface area contributed by atoms with Gasteiger partial charge in [-0.05, 0) is 22.4 Å². The van der Waals surface area contributed by atoms with E-state index in [4.69, 9.17) is 5.73 Å². The van der Waals surface area contributed by atoms with Crippen molar-refractivity contribution in [1.29, 1.82) is 0 Å². The fourth-order valence-corrected chi connectivity index (χ4v) is 4.78. The summed E-state index contributed by atoms with van der Waals surface area (Å²) in [6.45, 7) is 0. The molecule has 0 spiro atoms. The Hall–Kier alpha value is -2.84. The molecule has 0 saturated carbocycles. The van der Waals surface area contributed by atoms with Crippen LogP contribution >= 0.6 is 11.3 Å². The highest BCUT2D eigenvalue weighted by Crippen LogP contribution is 2.46. The molecule has 0 aliphatic carbocycles. The van der Waals surface area contributed by atoms with Gasteiger partial charge in [0.2, 0.25) is 0 Å². The van der Waals surface area contributed by atoms with E-state index >= 15 is 0 Å². The molecule has 0 atom stereocenters. The van der Waals surface area contributed by atoms with E-state index in [2.05, 4.69) is 72.8 Å². The van der Waals surface area contributed by atoms with Crippen LogP contribution in [0.4, 0.5) is 5.69 Å². The smallest absolute Gasteiger partial charge is 0.0597 e. The molecule has 0 fully saturated rings. The minimum absolute atomic E-state index is 0.885. The lowest BCUT2D eigenvalue weighted by molar-refractivity contribution is 1.67. The highest BCUT2D eigenvalue weighted by Gasteiger charge is 2.17. The zero-order valence-corrected chi connectivity index (χ0v) is 13.8. The molecule has 0 saturated heterocycles. The van der Waals surface area contributed by atoms with Crippen molar-refractivity contribution in [2.24, 2.45) is 0 Å². The van der Waals surface area contributed by atoms with Gasteiger partial charge in [-0.3, -0.25) is 0 Å². The van der Waals surface area contributed by atoms with Crippen molar-refractivity contribution >= 4 is 48.0 Å². The van der Waals surface area contributed by atoms with Crippen LogP contribution in [0.5, 0.6) is 0 Å². The third kappa shape index (κ3) is 1.81. The number of rotatable bonds is 1. The van der Waals surface area contributed by atoms with Gasteiger partial charge < -0.3 is 5.73 Å². The summed E-state index contributed by atoms with van der Waals surface area (Å²) in [4.78, 5) is 0. The van der Waals surface area contributed by atoms with E-state index in [1.807, 2.05) is 6.07 Å². The van der Waals surface area contributed by atoms with Crippen molar-refractivity contribution in [3.8, 4) is 11.1 Å². The minimum atomic E-state index is 0.885. The van der Waals surface area contributed by atoms with E-state index in [9.17, 15) is 0 Å². The van der Waals surface area contributed by atoms with Gasteiger partial charge in [0.15, 0.2) is 0 Å². The second-order valence-electron chi connectivity index (χ2n) is 6.00. The zero-order valence-electron chi connectivity index (χ0n) is 13.0. The summed E-state index contributed by atoms with van der Waals surface area (Å²) in [5, 5.41) is 5.07. The van der Waals surface area contributed by atoms with Gasteiger partial charge in [0, 0.05) is 21.0 Å². The largest absolute Gasteiger partial charge is 0.397 e. The third-order valence-corrected chi connectivity index (χ3v) is 5.84. The molecule has 24 heavy (non-hydrogen) atoms.